The lowest BCUT2D eigenvalue weighted by molar-refractivity contribution is -0.130. The number of hydrogen-bond acceptors (Lipinski definition) is 9. The molecule has 2 aromatic heterocycles. The topological polar surface area (TPSA) is 133 Å². The minimum Gasteiger partial charge on any atom is -0.460 e. The van der Waals surface area contributed by atoms with Crippen molar-refractivity contribution < 1.29 is 32.3 Å². The minimum atomic E-state index is -0.785. The van der Waals surface area contributed by atoms with Crippen LogP contribution >= 0.6 is 0 Å². The van der Waals surface area contributed by atoms with Crippen molar-refractivity contribution in [3.8, 4) is 0 Å². The molecule has 0 aliphatic heterocycles. The van der Waals surface area contributed by atoms with Crippen LogP contribution in [-0.2, 0) is 22.7 Å². The quantitative estimate of drug-likeness (QED) is 0.785. The summed E-state index contributed by atoms with van der Waals surface area (Å²) in [6.45, 7) is 3.01. The fraction of sp³-hybridized carbons (Fsp3) is 0.364. The van der Waals surface area contributed by atoms with Crippen LogP contribution in [0.25, 0.3) is 0 Å². The molecule has 0 amide bonds. The van der Waals surface area contributed by atoms with Crippen molar-refractivity contribution in [2.45, 2.75) is 27.1 Å². The average molecular weight is 288 g/mol. The van der Waals surface area contributed by atoms with E-state index in [1.807, 2.05) is 0 Å². The Bertz CT molecular complexity index is 654. The van der Waals surface area contributed by atoms with Crippen molar-refractivity contribution >= 4 is 6.47 Å². The van der Waals surface area contributed by atoms with Gasteiger partial charge in [0.1, 0.15) is 12.4 Å². The number of aliphatic hydroxyl groups is 1. The van der Waals surface area contributed by atoms with E-state index >= 15 is 0 Å². The van der Waals surface area contributed by atoms with E-state index < -0.39 is 11.6 Å². The molecule has 2 aromatic rings. The molecular formula is C11H12O9. The highest BCUT2D eigenvalue weighted by Crippen LogP contribution is 2.05. The van der Waals surface area contributed by atoms with Crippen molar-refractivity contribution in [2.24, 2.45) is 0 Å². The van der Waals surface area contributed by atoms with Gasteiger partial charge in [0.2, 0.25) is 0 Å². The van der Waals surface area contributed by atoms with Crippen LogP contribution < -0.4 is 11.6 Å². The summed E-state index contributed by atoms with van der Waals surface area (Å²) in [4.78, 5) is 30.3. The van der Waals surface area contributed by atoms with Crippen LogP contribution in [0.2, 0.25) is 0 Å². The molecule has 0 atom stereocenters. The van der Waals surface area contributed by atoms with Crippen LogP contribution in [0.4, 0.5) is 0 Å². The first-order valence-corrected chi connectivity index (χ1v) is 5.32. The highest BCUT2D eigenvalue weighted by Gasteiger charge is 2.07. The molecule has 9 nitrogen and oxygen atoms in total. The van der Waals surface area contributed by atoms with Crippen molar-refractivity contribution in [3.63, 3.8) is 0 Å². The van der Waals surface area contributed by atoms with Gasteiger partial charge in [0, 0.05) is 0 Å². The smallest absolute Gasteiger partial charge is 0.460 e. The molecule has 0 radical (unpaired) electrons. The van der Waals surface area contributed by atoms with E-state index in [4.69, 9.17) is 5.11 Å². The summed E-state index contributed by atoms with van der Waals surface area (Å²) in [5, 5.41) is 8.44. The van der Waals surface area contributed by atoms with Gasteiger partial charge in [-0.3, -0.25) is 4.79 Å². The molecule has 0 spiro atoms. The number of aryl methyl sites for hydroxylation is 2. The van der Waals surface area contributed by atoms with E-state index in [1.54, 1.807) is 13.8 Å². The molecule has 0 aliphatic rings. The Morgan fingerprint density at radius 1 is 1.00 bits per heavy atom. The summed E-state index contributed by atoms with van der Waals surface area (Å²) in [7, 11) is 0. The zero-order valence-electron chi connectivity index (χ0n) is 10.7. The molecule has 0 saturated carbocycles. The van der Waals surface area contributed by atoms with Gasteiger partial charge in [-0.1, -0.05) is 0 Å². The molecule has 110 valence electrons. The Morgan fingerprint density at radius 3 is 1.80 bits per heavy atom. The Morgan fingerprint density at radius 2 is 1.50 bits per heavy atom. The largest absolute Gasteiger partial charge is 0.519 e. The Kier molecular flexibility index (Phi) is 5.54. The van der Waals surface area contributed by atoms with Gasteiger partial charge in [0.25, 0.3) is 6.47 Å². The van der Waals surface area contributed by atoms with Gasteiger partial charge in [-0.15, -0.1) is 0 Å². The van der Waals surface area contributed by atoms with E-state index in [-0.39, 0.29) is 31.2 Å². The van der Waals surface area contributed by atoms with Gasteiger partial charge in [-0.2, -0.15) is 0 Å². The molecule has 2 rings (SSSR count). The lowest BCUT2D eigenvalue weighted by Crippen LogP contribution is -1.90. The number of carbonyl (C=O) groups is 1. The maximum absolute atomic E-state index is 10.4. The number of carbonyl (C=O) groups excluding carboxylic acids is 1. The second kappa shape index (κ2) is 7.14. The maximum atomic E-state index is 10.4. The average Bonchev–Trinajstić information content (AvgIpc) is 2.89. The van der Waals surface area contributed by atoms with Gasteiger partial charge >= 0.3 is 11.6 Å². The fourth-order valence-corrected chi connectivity index (χ4v) is 1.13. The highest BCUT2D eigenvalue weighted by atomic mass is 16.6. The van der Waals surface area contributed by atoms with Crippen LogP contribution in [0, 0.1) is 13.8 Å². The number of aliphatic hydroxyl groups excluding tert-OH is 1. The molecule has 0 aromatic carbocycles. The third-order valence-electron chi connectivity index (χ3n) is 2.10. The van der Waals surface area contributed by atoms with E-state index in [9.17, 15) is 14.4 Å². The van der Waals surface area contributed by atoms with Crippen molar-refractivity contribution in [1.82, 2.24) is 0 Å². The van der Waals surface area contributed by atoms with Gasteiger partial charge < -0.3 is 27.5 Å². The Labute approximate surface area is 111 Å². The number of rotatable bonds is 4. The standard InChI is InChI=1S/C6H6O5.C5H6O4/c1-4-5(2-9-3-7)11-6(8)10-4;1-3-4(2-6)9-5(7)8-3/h3H,2H2,1H3;6H,2H2,1H3. The third kappa shape index (κ3) is 4.28. The van der Waals surface area contributed by atoms with Crippen molar-refractivity contribution in [2.75, 3.05) is 0 Å². The summed E-state index contributed by atoms with van der Waals surface area (Å²) < 4.78 is 22.2. The fourth-order valence-electron chi connectivity index (χ4n) is 1.13. The zero-order valence-corrected chi connectivity index (χ0v) is 10.7. The Hall–Kier alpha value is -2.55. The van der Waals surface area contributed by atoms with E-state index in [1.165, 1.54) is 0 Å². The summed E-state index contributed by atoms with van der Waals surface area (Å²) >= 11 is 0. The second-order valence-electron chi connectivity index (χ2n) is 3.43. The van der Waals surface area contributed by atoms with E-state index in [0.29, 0.717) is 11.5 Å². The van der Waals surface area contributed by atoms with E-state index in [0.717, 1.165) is 0 Å². The molecule has 0 unspecified atom stereocenters. The van der Waals surface area contributed by atoms with Gasteiger partial charge in [0.05, 0.1) is 0 Å². The molecule has 1 N–H and O–H groups in total. The highest BCUT2D eigenvalue weighted by molar-refractivity contribution is 5.37. The summed E-state index contributed by atoms with van der Waals surface area (Å²) in [5.41, 5.74) is 0. The van der Waals surface area contributed by atoms with E-state index in [2.05, 4.69) is 22.4 Å². The molecule has 0 saturated heterocycles. The summed E-state index contributed by atoms with van der Waals surface area (Å²) in [6.07, 6.45) is 0. The van der Waals surface area contributed by atoms with Crippen LogP contribution in [0.15, 0.2) is 27.3 Å². The summed E-state index contributed by atoms with van der Waals surface area (Å²) in [5.74, 6) is -0.454. The van der Waals surface area contributed by atoms with Crippen LogP contribution in [0.1, 0.15) is 23.0 Å². The third-order valence-corrected chi connectivity index (χ3v) is 2.10. The number of ether oxygens (including phenoxy) is 1. The molecular weight excluding hydrogens is 276 g/mol. The monoisotopic (exact) mass is 288 g/mol. The first-order chi connectivity index (χ1) is 9.47. The predicted octanol–water partition coefficient (Wildman–Crippen LogP) is 0.248. The molecule has 0 fully saturated rings. The summed E-state index contributed by atoms with van der Waals surface area (Å²) in [6, 6.07) is 0. The first kappa shape index (κ1) is 15.5. The molecule has 9 heteroatoms. The lowest BCUT2D eigenvalue weighted by atomic mass is 10.4. The lowest BCUT2D eigenvalue weighted by Gasteiger charge is -1.91. The second-order valence-corrected chi connectivity index (χ2v) is 3.43. The van der Waals surface area contributed by atoms with Crippen molar-refractivity contribution in [1.29, 1.82) is 0 Å². The molecule has 0 aliphatic carbocycles. The normalized spacial score (nSPS) is 9.75. The molecule has 0 bridgehead atoms. The van der Waals surface area contributed by atoms with Gasteiger partial charge in [-0.05, 0) is 13.8 Å². The zero-order chi connectivity index (χ0) is 15.1. The van der Waals surface area contributed by atoms with Crippen molar-refractivity contribution in [3.05, 3.63) is 44.3 Å². The first-order valence-electron chi connectivity index (χ1n) is 5.32. The maximum Gasteiger partial charge on any atom is 0.519 e. The molecule has 20 heavy (non-hydrogen) atoms. The Balaban J connectivity index is 0.000000204. The minimum absolute atomic E-state index is 0.0684. The number of hydrogen-bond donors (Lipinski definition) is 1. The van der Waals surface area contributed by atoms with Crippen LogP contribution in [-0.4, -0.2) is 11.6 Å². The van der Waals surface area contributed by atoms with Crippen LogP contribution in [0.5, 0.6) is 0 Å². The predicted molar refractivity (Wildman–Crippen MR) is 60.7 cm³/mol. The van der Waals surface area contributed by atoms with Gasteiger partial charge in [0.15, 0.2) is 23.9 Å². The molecule has 2 heterocycles. The van der Waals surface area contributed by atoms with Crippen LogP contribution in [0.3, 0.4) is 0 Å². The van der Waals surface area contributed by atoms with Gasteiger partial charge in [-0.25, -0.2) is 9.59 Å². The SMILES string of the molecule is Cc1oc(=O)oc1CO.Cc1oc(=O)oc1COC=O.